The van der Waals surface area contributed by atoms with Crippen LogP contribution in [0.15, 0.2) is 0 Å². The van der Waals surface area contributed by atoms with Crippen LogP contribution >= 0.6 is 0 Å². The second-order valence-electron chi connectivity index (χ2n) is 5.12. The molecule has 0 aromatic rings. The number of aliphatic hydroxyl groups excluding tert-OH is 1. The van der Waals surface area contributed by atoms with Crippen LogP contribution in [0.3, 0.4) is 0 Å². The Labute approximate surface area is 94.1 Å². The molecule has 0 amide bonds. The second kappa shape index (κ2) is 7.86. The fraction of sp³-hybridized carbons (Fsp3) is 0.923. The first-order valence-electron chi connectivity index (χ1n) is 6.07. The molecule has 0 radical (unpaired) electrons. The van der Waals surface area contributed by atoms with Crippen LogP contribution in [0.4, 0.5) is 0 Å². The molecular weight excluding hydrogens is 188 g/mol. The molecule has 1 N–H and O–H groups in total. The predicted octanol–water partition coefficient (Wildman–Crippen LogP) is 3.04. The minimum atomic E-state index is -0.333. The van der Waals surface area contributed by atoms with Crippen molar-refractivity contribution in [3.63, 3.8) is 0 Å². The topological polar surface area (TPSA) is 37.3 Å². The van der Waals surface area contributed by atoms with Crippen LogP contribution in [0, 0.1) is 17.8 Å². The molecule has 15 heavy (non-hydrogen) atoms. The van der Waals surface area contributed by atoms with Gasteiger partial charge in [0, 0.05) is 0 Å². The molecule has 2 heteroatoms. The van der Waals surface area contributed by atoms with Gasteiger partial charge in [-0.15, -0.1) is 0 Å². The van der Waals surface area contributed by atoms with E-state index in [4.69, 9.17) is 5.11 Å². The van der Waals surface area contributed by atoms with Crippen LogP contribution in [0.1, 0.15) is 53.4 Å². The molecule has 0 bridgehead atoms. The Morgan fingerprint density at radius 2 is 1.67 bits per heavy atom. The van der Waals surface area contributed by atoms with Crippen molar-refractivity contribution in [2.45, 2.75) is 53.4 Å². The maximum atomic E-state index is 9.56. The number of aliphatic hydroxyl groups is 1. The molecule has 90 valence electrons. The van der Waals surface area contributed by atoms with E-state index in [1.165, 1.54) is 32.6 Å². The van der Waals surface area contributed by atoms with Gasteiger partial charge in [-0.25, -0.2) is 0 Å². The number of rotatable bonds is 2. The molecule has 0 heterocycles. The van der Waals surface area contributed by atoms with Crippen molar-refractivity contribution in [1.82, 2.24) is 0 Å². The molecule has 0 spiro atoms. The average molecular weight is 214 g/mol. The largest absolute Gasteiger partial charge is 0.389 e. The molecule has 1 aliphatic rings. The Hall–Kier alpha value is -0.370. The van der Waals surface area contributed by atoms with E-state index < -0.39 is 0 Å². The van der Waals surface area contributed by atoms with Gasteiger partial charge in [-0.1, -0.05) is 33.6 Å². The minimum absolute atomic E-state index is 0.190. The Morgan fingerprint density at radius 3 is 1.93 bits per heavy atom. The summed E-state index contributed by atoms with van der Waals surface area (Å²) >= 11 is 0. The smallest absolute Gasteiger partial charge is 0.155 e. The maximum absolute atomic E-state index is 9.56. The lowest BCUT2D eigenvalue weighted by molar-refractivity contribution is -0.119. The standard InChI is InChI=1S/C10H20.C3H6O2/c1-8(2)10-6-4-9(3)5-7-10;1-3(5)2-4/h8-10H,4-7H2,1-3H3;4H,2H2,1H3. The van der Waals surface area contributed by atoms with Gasteiger partial charge >= 0.3 is 0 Å². The molecule has 0 saturated heterocycles. The van der Waals surface area contributed by atoms with Crippen LogP contribution in [-0.2, 0) is 4.79 Å². The normalized spacial score (nSPS) is 25.7. The van der Waals surface area contributed by atoms with E-state index in [2.05, 4.69) is 20.8 Å². The van der Waals surface area contributed by atoms with Gasteiger partial charge in [0.25, 0.3) is 0 Å². The van der Waals surface area contributed by atoms with E-state index in [0.29, 0.717) is 0 Å². The van der Waals surface area contributed by atoms with Crippen molar-refractivity contribution >= 4 is 5.78 Å². The fourth-order valence-corrected chi connectivity index (χ4v) is 1.95. The first-order chi connectivity index (χ1) is 6.97. The lowest BCUT2D eigenvalue weighted by Crippen LogP contribution is -2.16. The van der Waals surface area contributed by atoms with Crippen molar-refractivity contribution in [3.8, 4) is 0 Å². The third-order valence-electron chi connectivity index (χ3n) is 3.23. The first kappa shape index (κ1) is 14.6. The first-order valence-corrected chi connectivity index (χ1v) is 6.07. The van der Waals surface area contributed by atoms with Crippen LogP contribution < -0.4 is 0 Å². The molecule has 2 nitrogen and oxygen atoms in total. The number of carbonyl (C=O) groups excluding carboxylic acids is 1. The average Bonchev–Trinajstić information content (AvgIpc) is 2.19. The summed E-state index contributed by atoms with van der Waals surface area (Å²) in [6.45, 7) is 8.11. The minimum Gasteiger partial charge on any atom is -0.389 e. The molecule has 1 aliphatic carbocycles. The van der Waals surface area contributed by atoms with Crippen LogP contribution in [0.25, 0.3) is 0 Å². The highest BCUT2D eigenvalue weighted by atomic mass is 16.3. The van der Waals surface area contributed by atoms with Crippen molar-refractivity contribution in [2.24, 2.45) is 17.8 Å². The van der Waals surface area contributed by atoms with Gasteiger partial charge < -0.3 is 5.11 Å². The van der Waals surface area contributed by atoms with E-state index >= 15 is 0 Å². The van der Waals surface area contributed by atoms with Gasteiger partial charge in [0.05, 0.1) is 0 Å². The molecule has 1 saturated carbocycles. The number of Topliss-reactive ketones (excluding diaryl/α,β-unsaturated/α-hetero) is 1. The summed E-state index contributed by atoms with van der Waals surface area (Å²) in [7, 11) is 0. The van der Waals surface area contributed by atoms with E-state index in [9.17, 15) is 4.79 Å². The highest BCUT2D eigenvalue weighted by Gasteiger charge is 2.19. The summed E-state index contributed by atoms with van der Waals surface area (Å²) in [6.07, 6.45) is 5.92. The zero-order valence-electron chi connectivity index (χ0n) is 10.6. The summed E-state index contributed by atoms with van der Waals surface area (Å²) in [6, 6.07) is 0. The Bertz CT molecular complexity index is 167. The van der Waals surface area contributed by atoms with Crippen LogP contribution in [0.5, 0.6) is 0 Å². The molecule has 1 rings (SSSR count). The summed E-state index contributed by atoms with van der Waals surface area (Å²) in [5, 5.41) is 7.79. The van der Waals surface area contributed by atoms with Gasteiger partial charge in [0.2, 0.25) is 0 Å². The number of hydrogen-bond acceptors (Lipinski definition) is 2. The maximum Gasteiger partial charge on any atom is 0.155 e. The molecular formula is C13H26O2. The lowest BCUT2D eigenvalue weighted by Gasteiger charge is -2.28. The van der Waals surface area contributed by atoms with Crippen molar-refractivity contribution < 1.29 is 9.90 Å². The predicted molar refractivity (Wildman–Crippen MR) is 63.7 cm³/mol. The quantitative estimate of drug-likeness (QED) is 0.767. The van der Waals surface area contributed by atoms with E-state index in [0.717, 1.165) is 17.8 Å². The lowest BCUT2D eigenvalue weighted by atomic mass is 9.78. The number of carbonyl (C=O) groups is 1. The van der Waals surface area contributed by atoms with Crippen molar-refractivity contribution in [2.75, 3.05) is 6.61 Å². The van der Waals surface area contributed by atoms with Gasteiger partial charge in [-0.2, -0.15) is 0 Å². The van der Waals surface area contributed by atoms with Crippen LogP contribution in [-0.4, -0.2) is 17.5 Å². The second-order valence-corrected chi connectivity index (χ2v) is 5.12. The summed E-state index contributed by atoms with van der Waals surface area (Å²) in [4.78, 5) is 9.56. The number of ketones is 1. The molecule has 0 unspecified atom stereocenters. The molecule has 1 fully saturated rings. The third-order valence-corrected chi connectivity index (χ3v) is 3.23. The summed E-state index contributed by atoms with van der Waals surface area (Å²) in [5.41, 5.74) is 0. The van der Waals surface area contributed by atoms with Gasteiger partial charge in [0.15, 0.2) is 5.78 Å². The highest BCUT2D eigenvalue weighted by Crippen LogP contribution is 2.32. The monoisotopic (exact) mass is 214 g/mol. The Balaban J connectivity index is 0.000000336. The number of hydrogen-bond donors (Lipinski definition) is 1. The van der Waals surface area contributed by atoms with E-state index in [1.54, 1.807) is 0 Å². The molecule has 0 atom stereocenters. The van der Waals surface area contributed by atoms with Crippen molar-refractivity contribution in [1.29, 1.82) is 0 Å². The van der Waals surface area contributed by atoms with Crippen molar-refractivity contribution in [3.05, 3.63) is 0 Å². The van der Waals surface area contributed by atoms with Gasteiger partial charge in [-0.3, -0.25) is 4.79 Å². The van der Waals surface area contributed by atoms with E-state index in [-0.39, 0.29) is 12.4 Å². The third kappa shape index (κ3) is 7.55. The Morgan fingerprint density at radius 1 is 1.27 bits per heavy atom. The SMILES string of the molecule is CC(=O)CO.CC1CCC(C(C)C)CC1. The van der Waals surface area contributed by atoms with Gasteiger partial charge in [0.1, 0.15) is 6.61 Å². The highest BCUT2D eigenvalue weighted by molar-refractivity contribution is 5.76. The van der Waals surface area contributed by atoms with E-state index in [1.807, 2.05) is 0 Å². The Kier molecular flexibility index (Phi) is 7.67. The van der Waals surface area contributed by atoms with Gasteiger partial charge in [-0.05, 0) is 37.5 Å². The molecule has 0 aliphatic heterocycles. The molecule has 0 aromatic carbocycles. The zero-order valence-corrected chi connectivity index (χ0v) is 10.6. The molecule has 0 aromatic heterocycles. The zero-order chi connectivity index (χ0) is 11.8. The summed E-state index contributed by atoms with van der Waals surface area (Å²) < 4.78 is 0. The van der Waals surface area contributed by atoms with Crippen LogP contribution in [0.2, 0.25) is 0 Å². The fourth-order valence-electron chi connectivity index (χ4n) is 1.95. The summed E-state index contributed by atoms with van der Waals surface area (Å²) in [5.74, 6) is 2.78.